The van der Waals surface area contributed by atoms with Crippen molar-refractivity contribution in [2.75, 3.05) is 0 Å². The summed E-state index contributed by atoms with van der Waals surface area (Å²) in [5.41, 5.74) is 4.41. The number of nitrogens with one attached hydrogen (secondary N) is 1. The molecular weight excluding hydrogens is 268 g/mol. The van der Waals surface area contributed by atoms with Gasteiger partial charge in [-0.1, -0.05) is 54.1 Å². The smallest absolute Gasteiger partial charge is 0.111 e. The van der Waals surface area contributed by atoms with E-state index >= 15 is 0 Å². The number of aryl methyl sites for hydroxylation is 1. The Morgan fingerprint density at radius 1 is 1.00 bits per heavy atom. The maximum Gasteiger partial charge on any atom is 0.111 e. The van der Waals surface area contributed by atoms with Crippen molar-refractivity contribution in [1.82, 2.24) is 9.97 Å². The van der Waals surface area contributed by atoms with Crippen LogP contribution in [-0.4, -0.2) is 9.97 Å². The number of aromatic amines is 1. The molecule has 0 fully saturated rings. The molecule has 1 heterocycles. The monoisotopic (exact) mass is 282 g/mol. The van der Waals surface area contributed by atoms with Crippen LogP contribution in [-0.2, 0) is 6.42 Å². The molecule has 0 saturated carbocycles. The Bertz CT molecular complexity index is 700. The van der Waals surface area contributed by atoms with Gasteiger partial charge in [0, 0.05) is 22.7 Å². The largest absolute Gasteiger partial charge is 0.345 e. The molecule has 0 bridgehead atoms. The minimum Gasteiger partial charge on any atom is -0.345 e. The average Bonchev–Trinajstić information content (AvgIpc) is 2.81. The molecule has 2 aromatic carbocycles. The maximum atomic E-state index is 5.92. The van der Waals surface area contributed by atoms with Crippen LogP contribution in [0.2, 0.25) is 5.02 Å². The van der Waals surface area contributed by atoms with Gasteiger partial charge in [0.15, 0.2) is 0 Å². The van der Waals surface area contributed by atoms with E-state index in [1.165, 1.54) is 5.56 Å². The Morgan fingerprint density at radius 2 is 1.70 bits per heavy atom. The average molecular weight is 283 g/mol. The lowest BCUT2D eigenvalue weighted by molar-refractivity contribution is 1.02. The molecule has 0 spiro atoms. The molecule has 0 radical (unpaired) electrons. The first-order valence-corrected chi connectivity index (χ1v) is 6.95. The van der Waals surface area contributed by atoms with Crippen LogP contribution in [0, 0.1) is 6.92 Å². The number of imidazole rings is 1. The second-order valence-corrected chi connectivity index (χ2v) is 5.26. The lowest BCUT2D eigenvalue weighted by Gasteiger charge is -1.98. The fourth-order valence-electron chi connectivity index (χ4n) is 2.28. The lowest BCUT2D eigenvalue weighted by atomic mass is 10.1. The van der Waals surface area contributed by atoms with Crippen LogP contribution in [0.3, 0.4) is 0 Å². The van der Waals surface area contributed by atoms with Crippen LogP contribution < -0.4 is 0 Å². The summed E-state index contributed by atoms with van der Waals surface area (Å²) in [5.74, 6) is 0.985. The van der Waals surface area contributed by atoms with Crippen molar-refractivity contribution in [1.29, 1.82) is 0 Å². The van der Waals surface area contributed by atoms with E-state index in [4.69, 9.17) is 16.6 Å². The predicted molar refractivity (Wildman–Crippen MR) is 83.0 cm³/mol. The topological polar surface area (TPSA) is 28.7 Å². The van der Waals surface area contributed by atoms with E-state index in [0.717, 1.165) is 34.2 Å². The van der Waals surface area contributed by atoms with Crippen molar-refractivity contribution in [2.45, 2.75) is 13.3 Å². The van der Waals surface area contributed by atoms with Crippen LogP contribution in [0.15, 0.2) is 54.6 Å². The number of aromatic nitrogens is 2. The summed E-state index contributed by atoms with van der Waals surface area (Å²) >= 11 is 5.92. The Labute approximate surface area is 123 Å². The van der Waals surface area contributed by atoms with Crippen molar-refractivity contribution in [3.8, 4) is 11.3 Å². The second kappa shape index (κ2) is 5.51. The van der Waals surface area contributed by atoms with E-state index in [1.807, 2.05) is 49.4 Å². The molecule has 0 aliphatic rings. The van der Waals surface area contributed by atoms with Crippen molar-refractivity contribution in [2.24, 2.45) is 0 Å². The highest BCUT2D eigenvalue weighted by molar-refractivity contribution is 6.30. The minimum atomic E-state index is 0.742. The van der Waals surface area contributed by atoms with Gasteiger partial charge < -0.3 is 4.98 Å². The highest BCUT2D eigenvalue weighted by Gasteiger charge is 2.09. The zero-order valence-electron chi connectivity index (χ0n) is 11.2. The van der Waals surface area contributed by atoms with Crippen LogP contribution in [0.5, 0.6) is 0 Å². The minimum absolute atomic E-state index is 0.742. The standard InChI is InChI=1S/C17H15ClN2/c1-12-17(14-7-9-15(18)10-8-14)20-16(19-12)11-13-5-3-2-4-6-13/h2-10H,11H2,1H3,(H,19,20). The molecule has 0 saturated heterocycles. The van der Waals surface area contributed by atoms with Gasteiger partial charge in [0.1, 0.15) is 5.82 Å². The Hall–Kier alpha value is -2.06. The van der Waals surface area contributed by atoms with E-state index in [9.17, 15) is 0 Å². The van der Waals surface area contributed by atoms with E-state index in [0.29, 0.717) is 0 Å². The van der Waals surface area contributed by atoms with E-state index in [1.54, 1.807) is 0 Å². The van der Waals surface area contributed by atoms with Gasteiger partial charge in [0.2, 0.25) is 0 Å². The lowest BCUT2D eigenvalue weighted by Crippen LogP contribution is -1.90. The van der Waals surface area contributed by atoms with Crippen molar-refractivity contribution >= 4 is 11.6 Å². The molecule has 0 amide bonds. The van der Waals surface area contributed by atoms with Crippen LogP contribution in [0.4, 0.5) is 0 Å². The summed E-state index contributed by atoms with van der Waals surface area (Å²) in [7, 11) is 0. The quantitative estimate of drug-likeness (QED) is 0.745. The van der Waals surface area contributed by atoms with Gasteiger partial charge >= 0.3 is 0 Å². The molecule has 3 heteroatoms. The van der Waals surface area contributed by atoms with Gasteiger partial charge in [-0.2, -0.15) is 0 Å². The third kappa shape index (κ3) is 2.75. The summed E-state index contributed by atoms with van der Waals surface area (Å²) in [4.78, 5) is 8.07. The van der Waals surface area contributed by atoms with E-state index < -0.39 is 0 Å². The molecule has 0 aliphatic carbocycles. The van der Waals surface area contributed by atoms with Crippen LogP contribution in [0.1, 0.15) is 17.1 Å². The Balaban J connectivity index is 1.89. The van der Waals surface area contributed by atoms with Gasteiger partial charge in [-0.25, -0.2) is 4.98 Å². The molecule has 20 heavy (non-hydrogen) atoms. The van der Waals surface area contributed by atoms with E-state index in [2.05, 4.69) is 17.1 Å². The molecule has 3 rings (SSSR count). The highest BCUT2D eigenvalue weighted by atomic mass is 35.5. The number of halogens is 1. The first-order valence-electron chi connectivity index (χ1n) is 6.58. The van der Waals surface area contributed by atoms with Crippen LogP contribution in [0.25, 0.3) is 11.3 Å². The summed E-state index contributed by atoms with van der Waals surface area (Å²) < 4.78 is 0. The number of rotatable bonds is 3. The van der Waals surface area contributed by atoms with Gasteiger partial charge in [-0.05, 0) is 24.6 Å². The van der Waals surface area contributed by atoms with Gasteiger partial charge in [-0.3, -0.25) is 0 Å². The summed E-state index contributed by atoms with van der Waals surface area (Å²) in [6, 6.07) is 18.1. The molecule has 2 nitrogen and oxygen atoms in total. The zero-order valence-corrected chi connectivity index (χ0v) is 12.0. The number of hydrogen-bond acceptors (Lipinski definition) is 1. The summed E-state index contributed by atoms with van der Waals surface area (Å²) in [6.45, 7) is 2.05. The number of nitrogens with zero attached hydrogens (tertiary/aromatic N) is 1. The SMILES string of the molecule is Cc1[nH]c(Cc2ccccc2)nc1-c1ccc(Cl)cc1. The molecule has 100 valence electrons. The third-order valence-electron chi connectivity index (χ3n) is 3.27. The first-order chi connectivity index (χ1) is 9.72. The fourth-order valence-corrected chi connectivity index (χ4v) is 2.41. The van der Waals surface area contributed by atoms with Gasteiger partial charge in [-0.15, -0.1) is 0 Å². The van der Waals surface area contributed by atoms with Crippen LogP contribution >= 0.6 is 11.6 Å². The second-order valence-electron chi connectivity index (χ2n) is 4.83. The number of hydrogen-bond donors (Lipinski definition) is 1. The molecule has 3 aromatic rings. The molecule has 0 unspecified atom stereocenters. The number of H-pyrrole nitrogens is 1. The van der Waals surface area contributed by atoms with Gasteiger partial charge in [0.25, 0.3) is 0 Å². The molecule has 1 N–H and O–H groups in total. The number of benzene rings is 2. The predicted octanol–water partition coefficient (Wildman–Crippen LogP) is 4.63. The Kier molecular flexibility index (Phi) is 3.57. The molecule has 0 atom stereocenters. The highest BCUT2D eigenvalue weighted by Crippen LogP contribution is 2.23. The normalized spacial score (nSPS) is 10.7. The van der Waals surface area contributed by atoms with E-state index in [-0.39, 0.29) is 0 Å². The third-order valence-corrected chi connectivity index (χ3v) is 3.52. The zero-order chi connectivity index (χ0) is 13.9. The van der Waals surface area contributed by atoms with Crippen molar-refractivity contribution in [3.05, 3.63) is 76.7 Å². The Morgan fingerprint density at radius 3 is 2.40 bits per heavy atom. The maximum absolute atomic E-state index is 5.92. The van der Waals surface area contributed by atoms with Gasteiger partial charge in [0.05, 0.1) is 5.69 Å². The fraction of sp³-hybridized carbons (Fsp3) is 0.118. The first kappa shape index (κ1) is 12.9. The summed E-state index contributed by atoms with van der Waals surface area (Å²) in [5, 5.41) is 0.742. The summed E-state index contributed by atoms with van der Waals surface area (Å²) in [6.07, 6.45) is 0.815. The van der Waals surface area contributed by atoms with Crippen molar-refractivity contribution in [3.63, 3.8) is 0 Å². The molecular formula is C17H15ClN2. The molecule has 0 aliphatic heterocycles. The van der Waals surface area contributed by atoms with Crippen molar-refractivity contribution < 1.29 is 0 Å². The molecule has 1 aromatic heterocycles.